The van der Waals surface area contributed by atoms with Crippen LogP contribution in [0.15, 0.2) is 48.5 Å². The zero-order valence-electron chi connectivity index (χ0n) is 20.3. The van der Waals surface area contributed by atoms with Crippen LogP contribution in [0.5, 0.6) is 11.5 Å². The fraction of sp³-hybridized carbons (Fsp3) is 0.444. The van der Waals surface area contributed by atoms with E-state index in [1.165, 1.54) is 0 Å². The summed E-state index contributed by atoms with van der Waals surface area (Å²) in [6.07, 6.45) is 3.61. The summed E-state index contributed by atoms with van der Waals surface area (Å²) in [5, 5.41) is 0. The van der Waals surface area contributed by atoms with Gasteiger partial charge in [0.05, 0.1) is 26.2 Å². The highest BCUT2D eigenvalue weighted by atomic mass is 16.5. The van der Waals surface area contributed by atoms with Crippen LogP contribution in [0, 0.1) is 5.92 Å². The van der Waals surface area contributed by atoms with Crippen LogP contribution >= 0.6 is 0 Å². The van der Waals surface area contributed by atoms with E-state index >= 15 is 0 Å². The molecule has 2 atom stereocenters. The minimum Gasteiger partial charge on any atom is -0.497 e. The number of amides is 2. The van der Waals surface area contributed by atoms with Crippen molar-refractivity contribution in [2.45, 2.75) is 38.1 Å². The first-order valence-electron chi connectivity index (χ1n) is 12.1. The maximum Gasteiger partial charge on any atom is 0.311 e. The highest BCUT2D eigenvalue weighted by Crippen LogP contribution is 2.41. The topological polar surface area (TPSA) is 85.4 Å². The number of nitrogens with zero attached hydrogens (tertiary/aromatic N) is 2. The first-order valence-corrected chi connectivity index (χ1v) is 12.1. The van der Waals surface area contributed by atoms with E-state index in [1.807, 2.05) is 24.3 Å². The van der Waals surface area contributed by atoms with Crippen LogP contribution in [0.4, 0.5) is 5.69 Å². The molecule has 0 bridgehead atoms. The summed E-state index contributed by atoms with van der Waals surface area (Å²) >= 11 is 0. The van der Waals surface area contributed by atoms with Gasteiger partial charge in [0.15, 0.2) is 6.61 Å². The number of hydrogen-bond donors (Lipinski definition) is 0. The molecular weight excluding hydrogens is 448 g/mol. The van der Waals surface area contributed by atoms with Gasteiger partial charge >= 0.3 is 5.97 Å². The molecular formula is C27H32N2O6. The number of esters is 1. The van der Waals surface area contributed by atoms with Crippen LogP contribution in [0.3, 0.4) is 0 Å². The van der Waals surface area contributed by atoms with E-state index in [4.69, 9.17) is 14.2 Å². The molecule has 8 heteroatoms. The standard InChI is InChI=1S/C27H32N2O6/c1-33-21-10-6-19(7-11-21)26-23(27(32)35-18-25(31)28-16-4-3-5-17-28)14-15-24(30)29(26)20-8-12-22(34-2)13-9-20/h6-13,23,26H,3-5,14-18H2,1-2H3/t23-,26-/m1/s1. The fourth-order valence-corrected chi connectivity index (χ4v) is 4.84. The Balaban J connectivity index is 1.60. The molecule has 186 valence electrons. The van der Waals surface area contributed by atoms with Crippen LogP contribution in [0.25, 0.3) is 0 Å². The lowest BCUT2D eigenvalue weighted by Gasteiger charge is -2.40. The van der Waals surface area contributed by atoms with Crippen molar-refractivity contribution in [1.29, 1.82) is 0 Å². The Labute approximate surface area is 205 Å². The number of methoxy groups -OCH3 is 2. The van der Waals surface area contributed by atoms with Gasteiger partial charge in [0.2, 0.25) is 5.91 Å². The van der Waals surface area contributed by atoms with Gasteiger partial charge in [-0.1, -0.05) is 12.1 Å². The van der Waals surface area contributed by atoms with E-state index in [2.05, 4.69) is 0 Å². The van der Waals surface area contributed by atoms with Crippen LogP contribution in [-0.4, -0.2) is 56.6 Å². The number of rotatable bonds is 7. The second kappa shape index (κ2) is 11.3. The highest BCUT2D eigenvalue weighted by Gasteiger charge is 2.42. The summed E-state index contributed by atoms with van der Waals surface area (Å²) in [4.78, 5) is 42.4. The SMILES string of the molecule is COc1ccc([C@@H]2[C@H](C(=O)OCC(=O)N3CCCCC3)CCC(=O)N2c2ccc(OC)cc2)cc1. The Morgan fingerprint density at radius 2 is 1.49 bits per heavy atom. The van der Waals surface area contributed by atoms with E-state index in [-0.39, 0.29) is 24.8 Å². The predicted molar refractivity (Wildman–Crippen MR) is 130 cm³/mol. The number of piperidine rings is 2. The van der Waals surface area contributed by atoms with Gasteiger partial charge < -0.3 is 24.0 Å². The van der Waals surface area contributed by atoms with Gasteiger partial charge in [-0.3, -0.25) is 14.4 Å². The van der Waals surface area contributed by atoms with E-state index in [0.717, 1.165) is 24.8 Å². The Kier molecular flexibility index (Phi) is 7.90. The molecule has 0 aliphatic carbocycles. The number of likely N-dealkylation sites (tertiary alicyclic amines) is 1. The lowest BCUT2D eigenvalue weighted by atomic mass is 9.83. The summed E-state index contributed by atoms with van der Waals surface area (Å²) in [7, 11) is 3.17. The van der Waals surface area contributed by atoms with Crippen molar-refractivity contribution in [3.8, 4) is 11.5 Å². The van der Waals surface area contributed by atoms with Crippen molar-refractivity contribution in [3.05, 3.63) is 54.1 Å². The number of benzene rings is 2. The molecule has 0 spiro atoms. The van der Waals surface area contributed by atoms with Gasteiger partial charge in [-0.05, 0) is 67.6 Å². The molecule has 2 saturated heterocycles. The second-order valence-electron chi connectivity index (χ2n) is 8.87. The largest absolute Gasteiger partial charge is 0.497 e. The fourth-order valence-electron chi connectivity index (χ4n) is 4.84. The Hall–Kier alpha value is -3.55. The number of carbonyl (C=O) groups is 3. The third kappa shape index (κ3) is 5.58. The molecule has 0 radical (unpaired) electrons. The van der Waals surface area contributed by atoms with E-state index < -0.39 is 17.9 Å². The van der Waals surface area contributed by atoms with Crippen LogP contribution < -0.4 is 14.4 Å². The van der Waals surface area contributed by atoms with Crippen molar-refractivity contribution in [2.75, 3.05) is 38.8 Å². The molecule has 2 fully saturated rings. The highest BCUT2D eigenvalue weighted by molar-refractivity contribution is 5.97. The molecule has 8 nitrogen and oxygen atoms in total. The first-order chi connectivity index (χ1) is 17.0. The minimum atomic E-state index is -0.614. The molecule has 0 saturated carbocycles. The monoisotopic (exact) mass is 480 g/mol. The van der Waals surface area contributed by atoms with Gasteiger partial charge in [0.25, 0.3) is 5.91 Å². The molecule has 2 aliphatic rings. The van der Waals surface area contributed by atoms with Crippen LogP contribution in [0.1, 0.15) is 43.7 Å². The average Bonchev–Trinajstić information content (AvgIpc) is 2.92. The molecule has 0 unspecified atom stereocenters. The zero-order chi connectivity index (χ0) is 24.8. The zero-order valence-corrected chi connectivity index (χ0v) is 20.3. The number of anilines is 1. The number of ether oxygens (including phenoxy) is 3. The normalized spacial score (nSPS) is 20.3. The molecule has 2 aromatic rings. The van der Waals surface area contributed by atoms with Crippen molar-refractivity contribution in [3.63, 3.8) is 0 Å². The quantitative estimate of drug-likeness (QED) is 0.561. The number of hydrogen-bond acceptors (Lipinski definition) is 6. The average molecular weight is 481 g/mol. The summed E-state index contributed by atoms with van der Waals surface area (Å²) in [5.41, 5.74) is 1.46. The van der Waals surface area contributed by atoms with Crippen molar-refractivity contribution >= 4 is 23.5 Å². The Morgan fingerprint density at radius 1 is 0.886 bits per heavy atom. The van der Waals surface area contributed by atoms with Gasteiger partial charge in [0.1, 0.15) is 11.5 Å². The lowest BCUT2D eigenvalue weighted by Crippen LogP contribution is -2.46. The Bertz CT molecular complexity index is 1030. The van der Waals surface area contributed by atoms with Gasteiger partial charge in [-0.15, -0.1) is 0 Å². The molecule has 0 N–H and O–H groups in total. The van der Waals surface area contributed by atoms with Crippen molar-refractivity contribution in [1.82, 2.24) is 4.90 Å². The van der Waals surface area contributed by atoms with E-state index in [1.54, 1.807) is 48.3 Å². The smallest absolute Gasteiger partial charge is 0.311 e. The molecule has 2 aliphatic heterocycles. The summed E-state index contributed by atoms with van der Waals surface area (Å²) < 4.78 is 16.1. The Morgan fingerprint density at radius 3 is 2.09 bits per heavy atom. The predicted octanol–water partition coefficient (Wildman–Crippen LogP) is 3.74. The molecule has 2 aromatic carbocycles. The summed E-state index contributed by atoms with van der Waals surface area (Å²) in [6.45, 7) is 1.13. The molecule has 35 heavy (non-hydrogen) atoms. The van der Waals surface area contributed by atoms with E-state index in [0.29, 0.717) is 36.7 Å². The molecule has 2 heterocycles. The number of carbonyl (C=O) groups excluding carboxylic acids is 3. The van der Waals surface area contributed by atoms with Crippen LogP contribution in [0.2, 0.25) is 0 Å². The summed E-state index contributed by atoms with van der Waals surface area (Å²) in [5.74, 6) is 0.0199. The van der Waals surface area contributed by atoms with E-state index in [9.17, 15) is 14.4 Å². The third-order valence-electron chi connectivity index (χ3n) is 6.75. The maximum atomic E-state index is 13.3. The lowest BCUT2D eigenvalue weighted by molar-refractivity contribution is -0.157. The second-order valence-corrected chi connectivity index (χ2v) is 8.87. The summed E-state index contributed by atoms with van der Waals surface area (Å²) in [6, 6.07) is 13.9. The molecule has 2 amide bonds. The van der Waals surface area contributed by atoms with Gasteiger partial charge in [-0.2, -0.15) is 0 Å². The minimum absolute atomic E-state index is 0.0792. The molecule has 4 rings (SSSR count). The van der Waals surface area contributed by atoms with Gasteiger partial charge in [0, 0.05) is 25.2 Å². The van der Waals surface area contributed by atoms with Crippen molar-refractivity contribution < 1.29 is 28.6 Å². The van der Waals surface area contributed by atoms with Crippen molar-refractivity contribution in [2.24, 2.45) is 5.92 Å². The first kappa shape index (κ1) is 24.6. The maximum absolute atomic E-state index is 13.3. The third-order valence-corrected chi connectivity index (χ3v) is 6.75. The van der Waals surface area contributed by atoms with Crippen LogP contribution in [-0.2, 0) is 19.1 Å². The molecule has 0 aromatic heterocycles. The van der Waals surface area contributed by atoms with Gasteiger partial charge in [-0.25, -0.2) is 0 Å².